The highest BCUT2D eigenvalue weighted by Gasteiger charge is 2.19. The van der Waals surface area contributed by atoms with Crippen molar-refractivity contribution in [2.24, 2.45) is 0 Å². The summed E-state index contributed by atoms with van der Waals surface area (Å²) >= 11 is 0. The number of nitrogens with two attached hydrogens (primary N) is 1. The number of nitrogen functional groups attached to an aromatic ring is 1. The smallest absolute Gasteiger partial charge is 0.241 e. The number of hydrogen-bond acceptors (Lipinski definition) is 4. The van der Waals surface area contributed by atoms with Crippen LogP contribution in [0.1, 0.15) is 12.1 Å². The molecular formula is C12H18N4O. The molecule has 5 heteroatoms. The lowest BCUT2D eigenvalue weighted by Crippen LogP contribution is -2.34. The van der Waals surface area contributed by atoms with Crippen LogP contribution in [0.5, 0.6) is 0 Å². The normalized spacial score (nSPS) is 17.2. The van der Waals surface area contributed by atoms with E-state index >= 15 is 0 Å². The number of hydrogen-bond donors (Lipinski definition) is 1. The average molecular weight is 234 g/mol. The molecule has 92 valence electrons. The quantitative estimate of drug-likeness (QED) is 0.774. The predicted molar refractivity (Wildman–Crippen MR) is 67.9 cm³/mol. The highest BCUT2D eigenvalue weighted by atomic mass is 16.2. The Morgan fingerprint density at radius 2 is 2.12 bits per heavy atom. The van der Waals surface area contributed by atoms with Crippen molar-refractivity contribution in [1.29, 1.82) is 0 Å². The summed E-state index contributed by atoms with van der Waals surface area (Å²) in [5.74, 6) is 0.971. The van der Waals surface area contributed by atoms with Crippen molar-refractivity contribution in [3.63, 3.8) is 0 Å². The van der Waals surface area contributed by atoms with Crippen LogP contribution in [0.15, 0.2) is 12.1 Å². The van der Waals surface area contributed by atoms with Gasteiger partial charge >= 0.3 is 0 Å². The number of carbonyl (C=O) groups excluding carboxylic acids is 1. The molecule has 0 unspecified atom stereocenters. The highest BCUT2D eigenvalue weighted by Crippen LogP contribution is 2.17. The molecule has 0 aromatic carbocycles. The van der Waals surface area contributed by atoms with Crippen LogP contribution in [0.4, 0.5) is 11.5 Å². The molecule has 17 heavy (non-hydrogen) atoms. The SMILES string of the molecule is Cc1nc(N2CCCN(C)C(=O)C2)ccc1N. The van der Waals surface area contributed by atoms with Gasteiger partial charge in [0.05, 0.1) is 17.9 Å². The van der Waals surface area contributed by atoms with E-state index < -0.39 is 0 Å². The zero-order valence-electron chi connectivity index (χ0n) is 10.3. The van der Waals surface area contributed by atoms with E-state index in [0.717, 1.165) is 31.0 Å². The maximum atomic E-state index is 11.8. The Balaban J connectivity index is 2.21. The number of carbonyl (C=O) groups is 1. The van der Waals surface area contributed by atoms with Crippen LogP contribution in [0.25, 0.3) is 0 Å². The van der Waals surface area contributed by atoms with Gasteiger partial charge in [0.25, 0.3) is 0 Å². The molecule has 5 nitrogen and oxygen atoms in total. The van der Waals surface area contributed by atoms with Gasteiger partial charge in [-0.25, -0.2) is 4.98 Å². The van der Waals surface area contributed by atoms with Crippen LogP contribution in [0, 0.1) is 6.92 Å². The average Bonchev–Trinajstić information content (AvgIpc) is 2.46. The maximum Gasteiger partial charge on any atom is 0.241 e. The van der Waals surface area contributed by atoms with E-state index in [-0.39, 0.29) is 5.91 Å². The third-order valence-corrected chi connectivity index (χ3v) is 3.11. The highest BCUT2D eigenvalue weighted by molar-refractivity contribution is 5.81. The lowest BCUT2D eigenvalue weighted by atomic mass is 10.3. The third-order valence-electron chi connectivity index (χ3n) is 3.11. The van der Waals surface area contributed by atoms with E-state index in [1.54, 1.807) is 4.90 Å². The maximum absolute atomic E-state index is 11.8. The van der Waals surface area contributed by atoms with Gasteiger partial charge in [-0.05, 0) is 25.5 Å². The van der Waals surface area contributed by atoms with Crippen LogP contribution < -0.4 is 10.6 Å². The second kappa shape index (κ2) is 4.61. The van der Waals surface area contributed by atoms with Crippen molar-refractivity contribution in [3.05, 3.63) is 17.8 Å². The number of pyridine rings is 1. The van der Waals surface area contributed by atoms with E-state index in [1.165, 1.54) is 0 Å². The molecule has 2 heterocycles. The van der Waals surface area contributed by atoms with E-state index in [9.17, 15) is 4.79 Å². The summed E-state index contributed by atoms with van der Waals surface area (Å²) in [6.45, 7) is 3.94. The van der Waals surface area contributed by atoms with Crippen LogP contribution in [0.3, 0.4) is 0 Å². The van der Waals surface area contributed by atoms with Gasteiger partial charge in [-0.2, -0.15) is 0 Å². The Bertz CT molecular complexity index is 433. The first-order valence-electron chi connectivity index (χ1n) is 5.80. The minimum absolute atomic E-state index is 0.138. The monoisotopic (exact) mass is 234 g/mol. The molecule has 0 atom stereocenters. The molecule has 0 aliphatic carbocycles. The van der Waals surface area contributed by atoms with E-state index in [4.69, 9.17) is 5.73 Å². The van der Waals surface area contributed by atoms with Crippen molar-refractivity contribution >= 4 is 17.4 Å². The summed E-state index contributed by atoms with van der Waals surface area (Å²) in [7, 11) is 1.84. The van der Waals surface area contributed by atoms with Crippen LogP contribution >= 0.6 is 0 Å². The Morgan fingerprint density at radius 1 is 1.35 bits per heavy atom. The lowest BCUT2D eigenvalue weighted by Gasteiger charge is -2.21. The van der Waals surface area contributed by atoms with Crippen LogP contribution in [-0.4, -0.2) is 42.5 Å². The predicted octanol–water partition coefficient (Wildman–Crippen LogP) is 0.641. The first kappa shape index (κ1) is 11.7. The molecule has 1 aliphatic heterocycles. The molecule has 0 spiro atoms. The van der Waals surface area contributed by atoms with Gasteiger partial charge in [-0.15, -0.1) is 0 Å². The number of aromatic nitrogens is 1. The molecule has 1 aromatic rings. The molecular weight excluding hydrogens is 216 g/mol. The molecule has 0 saturated carbocycles. The largest absolute Gasteiger partial charge is 0.397 e. The third kappa shape index (κ3) is 2.49. The molecule has 1 aromatic heterocycles. The fraction of sp³-hybridized carbons (Fsp3) is 0.500. The molecule has 2 rings (SSSR count). The Morgan fingerprint density at radius 3 is 2.82 bits per heavy atom. The summed E-state index contributed by atoms with van der Waals surface area (Å²) in [6, 6.07) is 3.72. The van der Waals surface area contributed by atoms with Gasteiger partial charge in [0.2, 0.25) is 5.91 Å². The second-order valence-electron chi connectivity index (χ2n) is 4.43. The van der Waals surface area contributed by atoms with Gasteiger partial charge in [-0.3, -0.25) is 4.79 Å². The lowest BCUT2D eigenvalue weighted by molar-refractivity contribution is -0.127. The molecule has 1 saturated heterocycles. The van der Waals surface area contributed by atoms with Crippen molar-refractivity contribution < 1.29 is 4.79 Å². The van der Waals surface area contributed by atoms with Crippen molar-refractivity contribution in [3.8, 4) is 0 Å². The fourth-order valence-electron chi connectivity index (χ4n) is 1.92. The van der Waals surface area contributed by atoms with E-state index in [2.05, 4.69) is 4.98 Å². The molecule has 1 fully saturated rings. The van der Waals surface area contributed by atoms with Gasteiger partial charge in [-0.1, -0.05) is 0 Å². The van der Waals surface area contributed by atoms with Gasteiger partial charge < -0.3 is 15.5 Å². The van der Waals surface area contributed by atoms with Gasteiger partial charge in [0.1, 0.15) is 5.82 Å². The number of amides is 1. The molecule has 0 radical (unpaired) electrons. The standard InChI is InChI=1S/C12H18N4O/c1-9-10(13)4-5-11(14-9)16-7-3-6-15(2)12(17)8-16/h4-5H,3,6-8,13H2,1-2H3. The second-order valence-corrected chi connectivity index (χ2v) is 4.43. The van der Waals surface area contributed by atoms with Gasteiger partial charge in [0, 0.05) is 20.1 Å². The minimum Gasteiger partial charge on any atom is -0.397 e. The number of likely N-dealkylation sites (N-methyl/N-ethyl adjacent to an activating group) is 1. The first-order chi connectivity index (χ1) is 8.08. The summed E-state index contributed by atoms with van der Waals surface area (Å²) in [5.41, 5.74) is 7.24. The topological polar surface area (TPSA) is 62.5 Å². The number of anilines is 2. The zero-order chi connectivity index (χ0) is 12.4. The minimum atomic E-state index is 0.138. The Labute approximate surface area is 101 Å². The van der Waals surface area contributed by atoms with E-state index in [0.29, 0.717) is 12.2 Å². The molecule has 1 amide bonds. The van der Waals surface area contributed by atoms with Crippen LogP contribution in [-0.2, 0) is 4.79 Å². The first-order valence-corrected chi connectivity index (χ1v) is 5.80. The number of rotatable bonds is 1. The fourth-order valence-corrected chi connectivity index (χ4v) is 1.92. The summed E-state index contributed by atoms with van der Waals surface area (Å²) < 4.78 is 0. The number of nitrogens with zero attached hydrogens (tertiary/aromatic N) is 3. The molecule has 1 aliphatic rings. The van der Waals surface area contributed by atoms with Gasteiger partial charge in [0.15, 0.2) is 0 Å². The number of aryl methyl sites for hydroxylation is 1. The molecule has 2 N–H and O–H groups in total. The zero-order valence-corrected chi connectivity index (χ0v) is 10.3. The van der Waals surface area contributed by atoms with Crippen molar-refractivity contribution in [1.82, 2.24) is 9.88 Å². The summed E-state index contributed by atoms with van der Waals surface area (Å²) in [5, 5.41) is 0. The van der Waals surface area contributed by atoms with Crippen molar-refractivity contribution in [2.75, 3.05) is 37.3 Å². The summed E-state index contributed by atoms with van der Waals surface area (Å²) in [4.78, 5) is 20.0. The summed E-state index contributed by atoms with van der Waals surface area (Å²) in [6.07, 6.45) is 0.966. The molecule has 0 bridgehead atoms. The Hall–Kier alpha value is -1.78. The van der Waals surface area contributed by atoms with Crippen LogP contribution in [0.2, 0.25) is 0 Å². The van der Waals surface area contributed by atoms with Crippen molar-refractivity contribution in [2.45, 2.75) is 13.3 Å². The van der Waals surface area contributed by atoms with E-state index in [1.807, 2.05) is 31.0 Å². The Kier molecular flexibility index (Phi) is 3.17.